The second-order valence-corrected chi connectivity index (χ2v) is 11.0. The van der Waals surface area contributed by atoms with Crippen LogP contribution < -0.4 is 19.2 Å². The van der Waals surface area contributed by atoms with Gasteiger partial charge in [0.1, 0.15) is 5.25 Å². The lowest BCUT2D eigenvalue weighted by atomic mass is 9.83. The van der Waals surface area contributed by atoms with Crippen LogP contribution in [0.5, 0.6) is 11.5 Å². The molecule has 1 N–H and O–H groups in total. The lowest BCUT2D eigenvalue weighted by Crippen LogP contribution is -2.32. The van der Waals surface area contributed by atoms with E-state index in [-0.39, 0.29) is 29.9 Å². The molecule has 2 aromatic carbocycles. The van der Waals surface area contributed by atoms with Crippen molar-refractivity contribution < 1.29 is 28.6 Å². The van der Waals surface area contributed by atoms with Gasteiger partial charge >= 0.3 is 10.8 Å². The summed E-state index contributed by atoms with van der Waals surface area (Å²) in [5.41, 5.74) is 2.25. The number of aryl methyl sites for hydroxylation is 1. The molecule has 38 heavy (non-hydrogen) atoms. The molecule has 3 heterocycles. The van der Waals surface area contributed by atoms with Crippen LogP contribution in [-0.2, 0) is 19.1 Å². The third kappa shape index (κ3) is 4.71. The van der Waals surface area contributed by atoms with Gasteiger partial charge in [-0.25, -0.2) is 9.69 Å². The quantitative estimate of drug-likeness (QED) is 0.330. The number of anilines is 1. The van der Waals surface area contributed by atoms with Crippen molar-refractivity contribution in [1.82, 2.24) is 4.98 Å². The van der Waals surface area contributed by atoms with Gasteiger partial charge in [0.25, 0.3) is 0 Å². The van der Waals surface area contributed by atoms with Crippen LogP contribution in [0.3, 0.4) is 0 Å². The maximum Gasteiger partial charge on any atom is 0.344 e. The Balaban J connectivity index is 1.55. The molecule has 1 aromatic heterocycles. The fraction of sp³-hybridized carbons (Fsp3) is 0.333. The molecule has 2 amide bonds. The highest BCUT2D eigenvalue weighted by atomic mass is 32.2. The number of carbonyl (C=O) groups is 3. The summed E-state index contributed by atoms with van der Waals surface area (Å²) < 4.78 is 16.4. The summed E-state index contributed by atoms with van der Waals surface area (Å²) in [6.07, 6.45) is 0. The van der Waals surface area contributed by atoms with Crippen LogP contribution >= 0.6 is 23.1 Å². The van der Waals surface area contributed by atoms with Crippen LogP contribution in [-0.4, -0.2) is 47.8 Å². The Labute approximate surface area is 227 Å². The predicted octanol–water partition coefficient (Wildman–Crippen LogP) is 3.88. The molecule has 0 radical (unpaired) electrons. The molecule has 0 saturated carbocycles. The highest BCUT2D eigenvalue weighted by Crippen LogP contribution is 2.53. The monoisotopic (exact) mass is 554 g/mol. The molecule has 0 bridgehead atoms. The molecule has 3 aromatic rings. The number of esters is 1. The fourth-order valence-electron chi connectivity index (χ4n) is 4.77. The number of rotatable bonds is 8. The molecular weight excluding hydrogens is 528 g/mol. The molecule has 3 unspecified atom stereocenters. The Hall–Kier alpha value is -3.57. The van der Waals surface area contributed by atoms with Crippen molar-refractivity contribution in [3.63, 3.8) is 0 Å². The SMILES string of the molecule is CCOC(=O)COc1ccc(C2c3sc(=O)[nH]c3SC3C(=O)N(c4ccc(C)cc4)C(=O)C32)cc1OCC. The summed E-state index contributed by atoms with van der Waals surface area (Å²) in [6, 6.07) is 12.5. The number of fused-ring (bicyclic) bond motifs is 2. The second-order valence-electron chi connectivity index (χ2n) is 8.83. The first-order valence-corrected chi connectivity index (χ1v) is 13.9. The summed E-state index contributed by atoms with van der Waals surface area (Å²) in [5.74, 6) is -1.65. The molecule has 5 rings (SSSR count). The minimum absolute atomic E-state index is 0.246. The first-order chi connectivity index (χ1) is 18.3. The van der Waals surface area contributed by atoms with Gasteiger partial charge < -0.3 is 19.2 Å². The lowest BCUT2D eigenvalue weighted by Gasteiger charge is -2.30. The van der Waals surface area contributed by atoms with Crippen molar-refractivity contribution in [2.24, 2.45) is 5.92 Å². The summed E-state index contributed by atoms with van der Waals surface area (Å²) in [5, 5.41) is -0.0967. The Kier molecular flexibility index (Phi) is 7.31. The van der Waals surface area contributed by atoms with Gasteiger partial charge in [0, 0.05) is 10.8 Å². The Morgan fingerprint density at radius 2 is 1.74 bits per heavy atom. The number of amides is 2. The third-order valence-corrected chi connectivity index (χ3v) is 8.79. The van der Waals surface area contributed by atoms with E-state index in [2.05, 4.69) is 4.98 Å². The van der Waals surface area contributed by atoms with Crippen LogP contribution in [0.4, 0.5) is 5.69 Å². The number of aromatic amines is 1. The molecule has 3 atom stereocenters. The number of ether oxygens (including phenoxy) is 3. The minimum atomic E-state index is -0.714. The van der Waals surface area contributed by atoms with Gasteiger partial charge in [-0.1, -0.05) is 46.9 Å². The number of benzene rings is 2. The van der Waals surface area contributed by atoms with Crippen molar-refractivity contribution in [2.75, 3.05) is 24.7 Å². The maximum absolute atomic E-state index is 13.9. The summed E-state index contributed by atoms with van der Waals surface area (Å²) in [7, 11) is 0. The molecule has 11 heteroatoms. The zero-order chi connectivity index (χ0) is 27.0. The van der Waals surface area contributed by atoms with E-state index >= 15 is 0 Å². The normalized spacial score (nSPS) is 20.2. The molecule has 9 nitrogen and oxygen atoms in total. The summed E-state index contributed by atoms with van der Waals surface area (Å²) in [6.45, 7) is 5.78. The molecule has 2 aliphatic rings. The zero-order valence-corrected chi connectivity index (χ0v) is 22.6. The number of hydrogen-bond donors (Lipinski definition) is 1. The maximum atomic E-state index is 13.9. The first kappa shape index (κ1) is 26.1. The number of nitrogens with one attached hydrogen (secondary N) is 1. The van der Waals surface area contributed by atoms with Crippen molar-refractivity contribution in [3.8, 4) is 11.5 Å². The average Bonchev–Trinajstić information content (AvgIpc) is 3.38. The van der Waals surface area contributed by atoms with Crippen molar-refractivity contribution >= 4 is 46.6 Å². The van der Waals surface area contributed by atoms with Gasteiger partial charge in [0.15, 0.2) is 18.1 Å². The van der Waals surface area contributed by atoms with Gasteiger partial charge in [-0.3, -0.25) is 14.4 Å². The van der Waals surface area contributed by atoms with Crippen LogP contribution in [0.25, 0.3) is 0 Å². The molecule has 1 fully saturated rings. The summed E-state index contributed by atoms with van der Waals surface area (Å²) >= 11 is 2.27. The van der Waals surface area contributed by atoms with Gasteiger partial charge in [-0.15, -0.1) is 0 Å². The molecule has 0 spiro atoms. The largest absolute Gasteiger partial charge is 0.490 e. The van der Waals surface area contributed by atoms with Gasteiger partial charge in [0.05, 0.1) is 29.8 Å². The third-order valence-electron chi connectivity index (χ3n) is 6.39. The van der Waals surface area contributed by atoms with E-state index in [0.29, 0.717) is 39.3 Å². The van der Waals surface area contributed by atoms with Crippen molar-refractivity contribution in [2.45, 2.75) is 37.0 Å². The predicted molar refractivity (Wildman–Crippen MR) is 143 cm³/mol. The number of carbonyl (C=O) groups excluding carboxylic acids is 3. The van der Waals surface area contributed by atoms with Crippen LogP contribution in [0.1, 0.15) is 35.8 Å². The highest BCUT2D eigenvalue weighted by Gasteiger charge is 2.56. The van der Waals surface area contributed by atoms with E-state index in [0.717, 1.165) is 16.9 Å². The number of thioether (sulfide) groups is 1. The highest BCUT2D eigenvalue weighted by molar-refractivity contribution is 8.00. The number of thiazole rings is 1. The first-order valence-electron chi connectivity index (χ1n) is 12.2. The van der Waals surface area contributed by atoms with E-state index in [1.165, 1.54) is 16.7 Å². The van der Waals surface area contributed by atoms with E-state index in [1.54, 1.807) is 37.3 Å². The number of hydrogen-bond acceptors (Lipinski definition) is 9. The number of imide groups is 1. The topological polar surface area (TPSA) is 115 Å². The van der Waals surface area contributed by atoms with Gasteiger partial charge in [-0.2, -0.15) is 0 Å². The second kappa shape index (κ2) is 10.7. The van der Waals surface area contributed by atoms with Crippen molar-refractivity contribution in [1.29, 1.82) is 0 Å². The Morgan fingerprint density at radius 3 is 2.45 bits per heavy atom. The van der Waals surface area contributed by atoms with Gasteiger partial charge in [-0.05, 0) is 50.6 Å². The number of aromatic nitrogens is 1. The standard InChI is InChI=1S/C27H26N2O7S2/c1-4-34-18-12-15(8-11-17(18)36-13-19(30)35-5-2)20-21-23(37-24-22(20)38-27(33)28-24)26(32)29(25(21)31)16-9-6-14(3)7-10-16/h6-12,20-21,23H,4-5,13H2,1-3H3,(H,28,33). The van der Waals surface area contributed by atoms with Crippen molar-refractivity contribution in [3.05, 3.63) is 68.1 Å². The minimum Gasteiger partial charge on any atom is -0.490 e. The van der Waals surface area contributed by atoms with Crippen LogP contribution in [0, 0.1) is 12.8 Å². The Bertz CT molecular complexity index is 1450. The molecule has 2 aliphatic heterocycles. The van der Waals surface area contributed by atoms with E-state index in [1.807, 2.05) is 26.0 Å². The van der Waals surface area contributed by atoms with E-state index in [9.17, 15) is 19.2 Å². The Morgan fingerprint density at radius 1 is 0.974 bits per heavy atom. The van der Waals surface area contributed by atoms with E-state index < -0.39 is 23.1 Å². The van der Waals surface area contributed by atoms with Gasteiger partial charge in [0.2, 0.25) is 11.8 Å². The average molecular weight is 555 g/mol. The smallest absolute Gasteiger partial charge is 0.344 e. The molecule has 0 aliphatic carbocycles. The number of H-pyrrole nitrogens is 1. The molecule has 1 saturated heterocycles. The van der Waals surface area contributed by atoms with Crippen LogP contribution in [0.2, 0.25) is 0 Å². The number of nitrogens with zero attached hydrogens (tertiary/aromatic N) is 1. The van der Waals surface area contributed by atoms with E-state index in [4.69, 9.17) is 14.2 Å². The lowest BCUT2D eigenvalue weighted by molar-refractivity contribution is -0.145. The summed E-state index contributed by atoms with van der Waals surface area (Å²) in [4.78, 5) is 56.1. The molecule has 198 valence electrons. The molecular formula is C27H26N2O7S2. The fourth-order valence-corrected chi connectivity index (χ4v) is 7.28. The van der Waals surface area contributed by atoms with Crippen LogP contribution in [0.15, 0.2) is 52.3 Å². The zero-order valence-electron chi connectivity index (χ0n) is 21.0.